The number of halogens is 1. The predicted molar refractivity (Wildman–Crippen MR) is 95.2 cm³/mol. The fourth-order valence-electron chi connectivity index (χ4n) is 2.10. The summed E-state index contributed by atoms with van der Waals surface area (Å²) in [6, 6.07) is 11.9. The smallest absolute Gasteiger partial charge is 0.269 e. The topological polar surface area (TPSA) is 76.7 Å². The molecule has 0 aromatic heterocycles. The van der Waals surface area contributed by atoms with E-state index in [1.807, 2.05) is 18.2 Å². The summed E-state index contributed by atoms with van der Waals surface area (Å²) in [7, 11) is 0. The molecule has 0 bridgehead atoms. The lowest BCUT2D eigenvalue weighted by atomic mass is 10.2. The molecular formula is C17H15ClN2O4S. The number of carbonyl (C=O) groups is 2. The highest BCUT2D eigenvalue weighted by Gasteiger charge is 2.13. The van der Waals surface area contributed by atoms with Gasteiger partial charge >= 0.3 is 0 Å². The SMILES string of the molecule is O=C(CSc1ccc2c(c1)OCCO2)NNC(=O)c1ccc(Cl)cc1. The lowest BCUT2D eigenvalue weighted by Crippen LogP contribution is -2.42. The number of amides is 2. The van der Waals surface area contributed by atoms with E-state index in [1.165, 1.54) is 11.8 Å². The molecule has 2 N–H and O–H groups in total. The Bertz CT molecular complexity index is 783. The van der Waals surface area contributed by atoms with Gasteiger partial charge in [-0.15, -0.1) is 11.8 Å². The summed E-state index contributed by atoms with van der Waals surface area (Å²) in [6.07, 6.45) is 0. The zero-order valence-electron chi connectivity index (χ0n) is 13.1. The first-order valence-corrected chi connectivity index (χ1v) is 8.85. The Hall–Kier alpha value is -2.38. The second kappa shape index (κ2) is 8.13. The average molecular weight is 379 g/mol. The van der Waals surface area contributed by atoms with Gasteiger partial charge in [-0.3, -0.25) is 20.4 Å². The second-order valence-electron chi connectivity index (χ2n) is 5.10. The maximum absolute atomic E-state index is 11.9. The Morgan fingerprint density at radius 3 is 2.48 bits per heavy atom. The molecule has 2 amide bonds. The molecule has 0 radical (unpaired) electrons. The maximum Gasteiger partial charge on any atom is 0.269 e. The highest BCUT2D eigenvalue weighted by molar-refractivity contribution is 8.00. The highest BCUT2D eigenvalue weighted by atomic mass is 35.5. The summed E-state index contributed by atoms with van der Waals surface area (Å²) in [6.45, 7) is 1.05. The Morgan fingerprint density at radius 1 is 1.00 bits per heavy atom. The molecule has 0 saturated heterocycles. The Balaban J connectivity index is 1.46. The van der Waals surface area contributed by atoms with Crippen LogP contribution in [0, 0.1) is 0 Å². The monoisotopic (exact) mass is 378 g/mol. The molecule has 1 aliphatic rings. The number of carbonyl (C=O) groups excluding carboxylic acids is 2. The van der Waals surface area contributed by atoms with E-state index < -0.39 is 5.91 Å². The minimum Gasteiger partial charge on any atom is -0.486 e. The molecule has 6 nitrogen and oxygen atoms in total. The van der Waals surface area contributed by atoms with Crippen LogP contribution in [0.5, 0.6) is 11.5 Å². The van der Waals surface area contributed by atoms with Gasteiger partial charge < -0.3 is 9.47 Å². The van der Waals surface area contributed by atoms with Crippen molar-refractivity contribution in [2.45, 2.75) is 4.90 Å². The van der Waals surface area contributed by atoms with E-state index in [0.29, 0.717) is 35.3 Å². The van der Waals surface area contributed by atoms with Crippen molar-refractivity contribution in [2.24, 2.45) is 0 Å². The van der Waals surface area contributed by atoms with Gasteiger partial charge in [-0.25, -0.2) is 0 Å². The first kappa shape index (κ1) is 17.4. The molecule has 1 heterocycles. The van der Waals surface area contributed by atoms with Crippen LogP contribution in [-0.4, -0.2) is 30.8 Å². The van der Waals surface area contributed by atoms with E-state index >= 15 is 0 Å². The number of fused-ring (bicyclic) bond motifs is 1. The molecular weight excluding hydrogens is 364 g/mol. The van der Waals surface area contributed by atoms with Gasteiger partial charge in [0.05, 0.1) is 5.75 Å². The Kier molecular flexibility index (Phi) is 5.67. The van der Waals surface area contributed by atoms with Crippen LogP contribution in [-0.2, 0) is 4.79 Å². The van der Waals surface area contributed by atoms with Crippen LogP contribution in [0.1, 0.15) is 10.4 Å². The summed E-state index contributed by atoms with van der Waals surface area (Å²) >= 11 is 7.10. The number of benzene rings is 2. The van der Waals surface area contributed by atoms with Gasteiger partial charge in [0, 0.05) is 15.5 Å². The van der Waals surface area contributed by atoms with E-state index in [0.717, 1.165) is 4.90 Å². The molecule has 8 heteroatoms. The number of nitrogens with one attached hydrogen (secondary N) is 2. The summed E-state index contributed by atoms with van der Waals surface area (Å²) in [5, 5.41) is 0.538. The second-order valence-corrected chi connectivity index (χ2v) is 6.59. The largest absolute Gasteiger partial charge is 0.486 e. The van der Waals surface area contributed by atoms with Gasteiger partial charge in [-0.2, -0.15) is 0 Å². The lowest BCUT2D eigenvalue weighted by Gasteiger charge is -2.18. The van der Waals surface area contributed by atoms with Crippen LogP contribution in [0.25, 0.3) is 0 Å². The number of hydrogen-bond donors (Lipinski definition) is 2. The quantitative estimate of drug-likeness (QED) is 0.632. The van der Waals surface area contributed by atoms with Gasteiger partial charge in [0.2, 0.25) is 5.91 Å². The van der Waals surface area contributed by atoms with Crippen molar-refractivity contribution in [1.29, 1.82) is 0 Å². The molecule has 0 unspecified atom stereocenters. The Morgan fingerprint density at radius 2 is 1.72 bits per heavy atom. The third-order valence-corrected chi connectivity index (χ3v) is 4.55. The molecule has 130 valence electrons. The molecule has 0 fully saturated rings. The fraction of sp³-hybridized carbons (Fsp3) is 0.176. The molecule has 0 spiro atoms. The average Bonchev–Trinajstić information content (AvgIpc) is 2.65. The molecule has 3 rings (SSSR count). The third kappa shape index (κ3) is 4.80. The van der Waals surface area contributed by atoms with E-state index in [-0.39, 0.29) is 11.7 Å². The van der Waals surface area contributed by atoms with Crippen molar-refractivity contribution in [3.8, 4) is 11.5 Å². The van der Waals surface area contributed by atoms with Crippen molar-refractivity contribution in [1.82, 2.24) is 10.9 Å². The van der Waals surface area contributed by atoms with Crippen molar-refractivity contribution in [2.75, 3.05) is 19.0 Å². The van der Waals surface area contributed by atoms with Crippen LogP contribution < -0.4 is 20.3 Å². The van der Waals surface area contributed by atoms with E-state index in [1.54, 1.807) is 24.3 Å². The van der Waals surface area contributed by atoms with Gasteiger partial charge in [0.1, 0.15) is 13.2 Å². The molecule has 0 saturated carbocycles. The number of thioether (sulfide) groups is 1. The van der Waals surface area contributed by atoms with Gasteiger partial charge in [-0.05, 0) is 42.5 Å². The number of hydrogen-bond acceptors (Lipinski definition) is 5. The lowest BCUT2D eigenvalue weighted by molar-refractivity contribution is -0.119. The van der Waals surface area contributed by atoms with Crippen LogP contribution in [0.4, 0.5) is 0 Å². The third-order valence-electron chi connectivity index (χ3n) is 3.31. The summed E-state index contributed by atoms with van der Waals surface area (Å²) < 4.78 is 11.0. The Labute approximate surface area is 153 Å². The summed E-state index contributed by atoms with van der Waals surface area (Å²) in [5.41, 5.74) is 5.15. The fourth-order valence-corrected chi connectivity index (χ4v) is 2.95. The molecule has 25 heavy (non-hydrogen) atoms. The molecule has 0 atom stereocenters. The minimum absolute atomic E-state index is 0.153. The van der Waals surface area contributed by atoms with Crippen LogP contribution in [0.15, 0.2) is 47.4 Å². The molecule has 2 aromatic carbocycles. The van der Waals surface area contributed by atoms with Crippen LogP contribution in [0.2, 0.25) is 5.02 Å². The summed E-state index contributed by atoms with van der Waals surface area (Å²) in [4.78, 5) is 24.6. The van der Waals surface area contributed by atoms with Crippen molar-refractivity contribution in [3.05, 3.63) is 53.1 Å². The number of ether oxygens (including phenoxy) is 2. The summed E-state index contributed by atoms with van der Waals surface area (Å²) in [5.74, 6) is 0.806. The van der Waals surface area contributed by atoms with Crippen LogP contribution >= 0.6 is 23.4 Å². The zero-order valence-corrected chi connectivity index (χ0v) is 14.7. The first-order valence-electron chi connectivity index (χ1n) is 7.49. The number of rotatable bonds is 4. The van der Waals surface area contributed by atoms with Crippen molar-refractivity contribution < 1.29 is 19.1 Å². The van der Waals surface area contributed by atoms with Crippen LogP contribution in [0.3, 0.4) is 0 Å². The van der Waals surface area contributed by atoms with Crippen molar-refractivity contribution >= 4 is 35.2 Å². The highest BCUT2D eigenvalue weighted by Crippen LogP contribution is 2.34. The van der Waals surface area contributed by atoms with E-state index in [2.05, 4.69) is 10.9 Å². The molecule has 1 aliphatic heterocycles. The zero-order chi connectivity index (χ0) is 17.6. The first-order chi connectivity index (χ1) is 12.1. The normalized spacial score (nSPS) is 12.4. The standard InChI is InChI=1S/C17H15ClN2O4S/c18-12-3-1-11(2-4-12)17(22)20-19-16(21)10-25-13-5-6-14-15(9-13)24-8-7-23-14/h1-6,9H,7-8,10H2,(H,19,21)(H,20,22). The van der Waals surface area contributed by atoms with Gasteiger partial charge in [-0.1, -0.05) is 11.6 Å². The van der Waals surface area contributed by atoms with E-state index in [9.17, 15) is 9.59 Å². The van der Waals surface area contributed by atoms with E-state index in [4.69, 9.17) is 21.1 Å². The van der Waals surface area contributed by atoms with Gasteiger partial charge in [0.15, 0.2) is 11.5 Å². The minimum atomic E-state index is -0.408. The number of hydrazine groups is 1. The molecule has 2 aromatic rings. The maximum atomic E-state index is 11.9. The predicted octanol–water partition coefficient (Wildman–Crippen LogP) is 2.66. The van der Waals surface area contributed by atoms with Gasteiger partial charge in [0.25, 0.3) is 5.91 Å². The van der Waals surface area contributed by atoms with Crippen molar-refractivity contribution in [3.63, 3.8) is 0 Å². The molecule has 0 aliphatic carbocycles.